The van der Waals surface area contributed by atoms with E-state index >= 15 is 0 Å². The molecule has 1 saturated heterocycles. The topological polar surface area (TPSA) is 20.3 Å². The van der Waals surface area contributed by atoms with Crippen molar-refractivity contribution in [1.29, 1.82) is 0 Å². The Balaban J connectivity index is 2.31. The first-order valence-corrected chi connectivity index (χ1v) is 7.23. The minimum Gasteiger partial charge on any atom is -0.311 e. The summed E-state index contributed by atoms with van der Waals surface area (Å²) in [5.41, 5.74) is 0.862. The van der Waals surface area contributed by atoms with Gasteiger partial charge < -0.3 is 4.90 Å². The van der Waals surface area contributed by atoms with Gasteiger partial charge in [-0.15, -0.1) is 0 Å². The van der Waals surface area contributed by atoms with Crippen LogP contribution in [-0.4, -0.2) is 17.8 Å². The number of rotatable bonds is 2. The lowest BCUT2D eigenvalue weighted by Crippen LogP contribution is -2.25. The summed E-state index contributed by atoms with van der Waals surface area (Å²) in [6.07, 6.45) is 0.601. The van der Waals surface area contributed by atoms with E-state index in [0.717, 1.165) is 22.0 Å². The van der Waals surface area contributed by atoms with Crippen LogP contribution in [0.4, 0.5) is 5.69 Å². The van der Waals surface area contributed by atoms with E-state index < -0.39 is 0 Å². The Morgan fingerprint density at radius 1 is 1.50 bits per heavy atom. The van der Waals surface area contributed by atoms with Crippen molar-refractivity contribution in [2.24, 2.45) is 5.92 Å². The van der Waals surface area contributed by atoms with Crippen molar-refractivity contribution >= 4 is 55.1 Å². The van der Waals surface area contributed by atoms with Crippen LogP contribution >= 0.6 is 43.5 Å². The Morgan fingerprint density at radius 3 is 2.88 bits per heavy atom. The summed E-state index contributed by atoms with van der Waals surface area (Å²) in [6.45, 7) is 0.753. The largest absolute Gasteiger partial charge is 0.311 e. The number of carbonyl (C=O) groups is 1. The molecule has 0 spiro atoms. The molecule has 1 atom stereocenters. The molecule has 2 nitrogen and oxygen atoms in total. The zero-order chi connectivity index (χ0) is 11.7. The van der Waals surface area contributed by atoms with Gasteiger partial charge in [0.2, 0.25) is 5.91 Å². The Bertz CT molecular complexity index is 424. The molecule has 1 aliphatic rings. The number of hydrogen-bond acceptors (Lipinski definition) is 1. The van der Waals surface area contributed by atoms with Crippen molar-refractivity contribution < 1.29 is 4.79 Å². The second kappa shape index (κ2) is 5.07. The van der Waals surface area contributed by atoms with Crippen molar-refractivity contribution in [2.45, 2.75) is 6.42 Å². The molecule has 1 unspecified atom stereocenters. The number of alkyl halides is 1. The second-order valence-corrected chi connectivity index (χ2v) is 5.65. The normalized spacial score (nSPS) is 20.6. The van der Waals surface area contributed by atoms with Gasteiger partial charge in [0.05, 0.1) is 15.2 Å². The van der Waals surface area contributed by atoms with E-state index in [0.29, 0.717) is 17.4 Å². The minimum atomic E-state index is 0.160. The molecule has 1 heterocycles. The van der Waals surface area contributed by atoms with Gasteiger partial charge in [-0.1, -0.05) is 33.6 Å². The third kappa shape index (κ3) is 2.29. The van der Waals surface area contributed by atoms with Crippen molar-refractivity contribution in [3.05, 3.63) is 27.7 Å². The van der Waals surface area contributed by atoms with E-state index in [4.69, 9.17) is 11.6 Å². The Morgan fingerprint density at radius 2 is 2.25 bits per heavy atom. The van der Waals surface area contributed by atoms with Crippen molar-refractivity contribution in [1.82, 2.24) is 0 Å². The van der Waals surface area contributed by atoms with Gasteiger partial charge in [0.1, 0.15) is 0 Å². The molecule has 0 N–H and O–H groups in total. The number of anilines is 1. The van der Waals surface area contributed by atoms with Gasteiger partial charge in [0.15, 0.2) is 0 Å². The Hall–Kier alpha value is -0.0600. The monoisotopic (exact) mass is 365 g/mol. The van der Waals surface area contributed by atoms with E-state index in [1.54, 1.807) is 11.0 Å². The summed E-state index contributed by atoms with van der Waals surface area (Å²) in [7, 11) is 0. The van der Waals surface area contributed by atoms with Crippen LogP contribution in [0.2, 0.25) is 5.02 Å². The van der Waals surface area contributed by atoms with Crippen molar-refractivity contribution in [2.75, 3.05) is 16.8 Å². The fraction of sp³-hybridized carbons (Fsp3) is 0.364. The highest BCUT2D eigenvalue weighted by Crippen LogP contribution is 2.36. The van der Waals surface area contributed by atoms with Crippen LogP contribution in [0.15, 0.2) is 22.7 Å². The van der Waals surface area contributed by atoms with Crippen LogP contribution in [0.25, 0.3) is 0 Å². The number of hydrogen-bond donors (Lipinski definition) is 0. The molecular formula is C11H10Br2ClNO. The molecule has 0 radical (unpaired) electrons. The summed E-state index contributed by atoms with van der Waals surface area (Å²) >= 11 is 12.9. The second-order valence-electron chi connectivity index (χ2n) is 3.80. The molecule has 86 valence electrons. The lowest BCUT2D eigenvalue weighted by Gasteiger charge is -2.18. The van der Waals surface area contributed by atoms with E-state index in [9.17, 15) is 4.79 Å². The molecule has 1 fully saturated rings. The Labute approximate surface area is 116 Å². The molecule has 0 aliphatic carbocycles. The fourth-order valence-electron chi connectivity index (χ4n) is 1.82. The number of benzene rings is 1. The standard InChI is InChI=1S/C11H10Br2ClNO/c12-5-7-4-10(16)15(6-7)9-3-1-2-8(14)11(9)13/h1-3,7H,4-6H2. The molecule has 0 saturated carbocycles. The highest BCUT2D eigenvalue weighted by atomic mass is 79.9. The molecule has 1 aromatic carbocycles. The molecular weight excluding hydrogens is 357 g/mol. The first-order chi connectivity index (χ1) is 7.63. The molecule has 16 heavy (non-hydrogen) atoms. The lowest BCUT2D eigenvalue weighted by molar-refractivity contribution is -0.117. The minimum absolute atomic E-state index is 0.160. The van der Waals surface area contributed by atoms with Gasteiger partial charge in [-0.05, 0) is 34.0 Å². The lowest BCUT2D eigenvalue weighted by atomic mass is 10.2. The fourth-order valence-corrected chi connectivity index (χ4v) is 2.90. The number of nitrogens with zero attached hydrogens (tertiary/aromatic N) is 1. The van der Waals surface area contributed by atoms with Gasteiger partial charge in [0.25, 0.3) is 0 Å². The van der Waals surface area contributed by atoms with Crippen LogP contribution in [-0.2, 0) is 4.79 Å². The van der Waals surface area contributed by atoms with Gasteiger partial charge in [-0.25, -0.2) is 0 Å². The third-order valence-electron chi connectivity index (χ3n) is 2.65. The maximum absolute atomic E-state index is 11.8. The molecule has 0 bridgehead atoms. The van der Waals surface area contributed by atoms with Crippen LogP contribution < -0.4 is 4.90 Å². The average Bonchev–Trinajstić information content (AvgIpc) is 2.64. The molecule has 2 rings (SSSR count). The molecule has 1 aliphatic heterocycles. The third-order valence-corrected chi connectivity index (χ3v) is 4.94. The van der Waals surface area contributed by atoms with E-state index in [-0.39, 0.29) is 5.91 Å². The quantitative estimate of drug-likeness (QED) is 0.727. The summed E-state index contributed by atoms with van der Waals surface area (Å²) in [5, 5.41) is 1.49. The number of amides is 1. The maximum Gasteiger partial charge on any atom is 0.227 e. The van der Waals surface area contributed by atoms with E-state index in [1.807, 2.05) is 12.1 Å². The van der Waals surface area contributed by atoms with Gasteiger partial charge >= 0.3 is 0 Å². The Kier molecular flexibility index (Phi) is 3.93. The molecule has 1 aromatic rings. The van der Waals surface area contributed by atoms with Crippen LogP contribution in [0.3, 0.4) is 0 Å². The molecule has 0 aromatic heterocycles. The first kappa shape index (κ1) is 12.4. The van der Waals surface area contributed by atoms with Gasteiger partial charge in [0, 0.05) is 18.3 Å². The maximum atomic E-state index is 11.8. The van der Waals surface area contributed by atoms with Crippen LogP contribution in [0.5, 0.6) is 0 Å². The number of carbonyl (C=O) groups excluding carboxylic acids is 1. The average molecular weight is 367 g/mol. The van der Waals surface area contributed by atoms with Crippen LogP contribution in [0, 0.1) is 5.92 Å². The summed E-state index contributed by atoms with van der Waals surface area (Å²) in [4.78, 5) is 13.6. The summed E-state index contributed by atoms with van der Waals surface area (Å²) in [5.74, 6) is 0.547. The van der Waals surface area contributed by atoms with Crippen molar-refractivity contribution in [3.8, 4) is 0 Å². The SMILES string of the molecule is O=C1CC(CBr)CN1c1cccc(Cl)c1Br. The van der Waals surface area contributed by atoms with Gasteiger partial charge in [-0.3, -0.25) is 4.79 Å². The first-order valence-electron chi connectivity index (χ1n) is 4.94. The zero-order valence-electron chi connectivity index (χ0n) is 8.42. The predicted octanol–water partition coefficient (Wildman–Crippen LogP) is 3.85. The van der Waals surface area contributed by atoms with Crippen LogP contribution in [0.1, 0.15) is 6.42 Å². The smallest absolute Gasteiger partial charge is 0.227 e. The highest BCUT2D eigenvalue weighted by molar-refractivity contribution is 9.10. The van der Waals surface area contributed by atoms with Crippen molar-refractivity contribution in [3.63, 3.8) is 0 Å². The highest BCUT2D eigenvalue weighted by Gasteiger charge is 2.31. The summed E-state index contributed by atoms with van der Waals surface area (Å²) in [6, 6.07) is 5.57. The number of halogens is 3. The molecule has 1 amide bonds. The summed E-state index contributed by atoms with van der Waals surface area (Å²) < 4.78 is 0.792. The van der Waals surface area contributed by atoms with E-state index in [2.05, 4.69) is 31.9 Å². The van der Waals surface area contributed by atoms with E-state index in [1.165, 1.54) is 0 Å². The zero-order valence-corrected chi connectivity index (χ0v) is 12.3. The predicted molar refractivity (Wildman–Crippen MR) is 73.4 cm³/mol. The molecule has 5 heteroatoms. The van der Waals surface area contributed by atoms with Gasteiger partial charge in [-0.2, -0.15) is 0 Å².